The lowest BCUT2D eigenvalue weighted by Gasteiger charge is -2.12. The minimum atomic E-state index is -0.234. The van der Waals surface area contributed by atoms with E-state index >= 15 is 0 Å². The summed E-state index contributed by atoms with van der Waals surface area (Å²) in [5.41, 5.74) is 3.73. The van der Waals surface area contributed by atoms with Crippen molar-refractivity contribution in [2.24, 2.45) is 5.92 Å². The van der Waals surface area contributed by atoms with Crippen molar-refractivity contribution in [1.82, 2.24) is 19.9 Å². The summed E-state index contributed by atoms with van der Waals surface area (Å²) in [5, 5.41) is 42.9. The number of hydrogen-bond acceptors (Lipinski definition) is 10. The minimum absolute atomic E-state index is 0.00958. The third-order valence-electron chi connectivity index (χ3n) is 7.62. The molecule has 4 aromatic heterocycles. The average molecular weight is 639 g/mol. The summed E-state index contributed by atoms with van der Waals surface area (Å²) in [6, 6.07) is 6.37. The number of ketones is 2. The molecule has 2 amide bonds. The number of rotatable bonds is 10. The molecule has 2 aromatic carbocycles. The van der Waals surface area contributed by atoms with Crippen molar-refractivity contribution in [3.05, 3.63) is 58.8 Å². The number of anilines is 2. The third-order valence-corrected chi connectivity index (χ3v) is 7.62. The molecule has 14 heteroatoms. The van der Waals surface area contributed by atoms with E-state index in [1.807, 2.05) is 0 Å². The molecule has 0 aliphatic carbocycles. The van der Waals surface area contributed by atoms with E-state index in [0.717, 1.165) is 5.39 Å². The molecule has 0 saturated heterocycles. The molecule has 0 fully saturated rings. The van der Waals surface area contributed by atoms with E-state index in [9.17, 15) is 19.2 Å². The number of hydrogen-bond donors (Lipinski definition) is 8. The van der Waals surface area contributed by atoms with Crippen molar-refractivity contribution in [2.75, 3.05) is 23.8 Å². The average Bonchev–Trinajstić information content (AvgIpc) is 3.68. The van der Waals surface area contributed by atoms with E-state index in [1.165, 1.54) is 12.1 Å². The number of nitrogens with one attached hydrogen (secondary N) is 6. The summed E-state index contributed by atoms with van der Waals surface area (Å²) in [6.07, 6.45) is 3.54. The highest BCUT2D eigenvalue weighted by Gasteiger charge is 2.19. The molecular formula is C33H34N8O6. The van der Waals surface area contributed by atoms with E-state index in [-0.39, 0.29) is 66.1 Å². The van der Waals surface area contributed by atoms with Crippen LogP contribution in [0.2, 0.25) is 0 Å². The zero-order valence-corrected chi connectivity index (χ0v) is 26.0. The Bertz CT molecular complexity index is 2270. The van der Waals surface area contributed by atoms with Crippen LogP contribution in [0.4, 0.5) is 11.4 Å². The van der Waals surface area contributed by atoms with E-state index < -0.39 is 0 Å². The summed E-state index contributed by atoms with van der Waals surface area (Å²) in [4.78, 5) is 62.5. The normalized spacial score (nSPS) is 11.4. The van der Waals surface area contributed by atoms with E-state index in [0.29, 0.717) is 67.4 Å². The van der Waals surface area contributed by atoms with Gasteiger partial charge in [-0.2, -0.15) is 0 Å². The first-order valence-corrected chi connectivity index (χ1v) is 15.0. The number of amides is 2. The van der Waals surface area contributed by atoms with E-state index in [4.69, 9.17) is 21.0 Å². The summed E-state index contributed by atoms with van der Waals surface area (Å²) >= 11 is 0. The SMILES string of the molecule is CC(C)C(=O)Nc1cc(=N)c2ncc3cc(C(=O)CCO)[nH]c1c32.CCC(=O)Nc1cc(=N)c2ncc3cc(C(=O)CCO)[nH]c1c32. The number of Topliss-reactive ketones (excluding diaryl/α,β-unsaturated/α-hetero) is 2. The van der Waals surface area contributed by atoms with E-state index in [1.54, 1.807) is 45.3 Å². The fourth-order valence-electron chi connectivity index (χ4n) is 5.19. The number of H-pyrrole nitrogens is 2. The van der Waals surface area contributed by atoms with Crippen LogP contribution in [0, 0.1) is 16.7 Å². The lowest BCUT2D eigenvalue weighted by atomic mass is 10.1. The van der Waals surface area contributed by atoms with Gasteiger partial charge in [-0.15, -0.1) is 0 Å². The Labute approximate surface area is 267 Å². The molecule has 0 unspecified atom stereocenters. The van der Waals surface area contributed by atoms with Gasteiger partial charge in [0.15, 0.2) is 11.6 Å². The second kappa shape index (κ2) is 13.4. The van der Waals surface area contributed by atoms with Gasteiger partial charge < -0.3 is 30.8 Å². The third kappa shape index (κ3) is 6.41. The zero-order valence-electron chi connectivity index (χ0n) is 26.0. The molecule has 47 heavy (non-hydrogen) atoms. The van der Waals surface area contributed by atoms with Gasteiger partial charge in [0.1, 0.15) is 0 Å². The van der Waals surface area contributed by atoms with Crippen molar-refractivity contribution in [3.63, 3.8) is 0 Å². The summed E-state index contributed by atoms with van der Waals surface area (Å²) in [5.74, 6) is -1.02. The Balaban J connectivity index is 0.000000185. The minimum Gasteiger partial charge on any atom is -0.396 e. The van der Waals surface area contributed by atoms with E-state index in [2.05, 4.69) is 30.6 Å². The maximum atomic E-state index is 12.1. The Morgan fingerprint density at radius 2 is 1.21 bits per heavy atom. The van der Waals surface area contributed by atoms with Gasteiger partial charge >= 0.3 is 0 Å². The molecule has 0 spiro atoms. The van der Waals surface area contributed by atoms with Crippen molar-refractivity contribution in [2.45, 2.75) is 40.0 Å². The van der Waals surface area contributed by atoms with Crippen LogP contribution in [0.5, 0.6) is 0 Å². The molecule has 0 bridgehead atoms. The number of carbonyl (C=O) groups is 4. The number of benzene rings is 2. The van der Waals surface area contributed by atoms with Gasteiger partial charge in [0.2, 0.25) is 11.8 Å². The smallest absolute Gasteiger partial charge is 0.226 e. The monoisotopic (exact) mass is 638 g/mol. The standard InChI is InChI=1S/C17H18N4O3.C16H16N4O3/c1-8(2)17(24)21-12-6-10(18)15-14-9(7-19-15)5-11(20-16(12)14)13(23)3-4-22;1-2-13(23)19-11-6-9(17)15-14-8(7-18-15)5-10(20-16(11)14)12(22)3-4-21/h5-8,18,20,22H,3-4H2,1-2H3,(H,21,24);5-7,17,20-21H,2-4H2,1H3,(H,19,23). The van der Waals surface area contributed by atoms with Crippen LogP contribution in [-0.4, -0.2) is 66.7 Å². The summed E-state index contributed by atoms with van der Waals surface area (Å²) < 4.78 is 0. The molecule has 6 rings (SSSR count). The Hall–Kier alpha value is -5.60. The largest absolute Gasteiger partial charge is 0.396 e. The molecule has 0 aliphatic rings. The Morgan fingerprint density at radius 1 is 0.766 bits per heavy atom. The highest BCUT2D eigenvalue weighted by Crippen LogP contribution is 2.31. The summed E-state index contributed by atoms with van der Waals surface area (Å²) in [7, 11) is 0. The van der Waals surface area contributed by atoms with Crippen LogP contribution in [0.3, 0.4) is 0 Å². The molecule has 242 valence electrons. The van der Waals surface area contributed by atoms with Crippen LogP contribution in [0.15, 0.2) is 36.7 Å². The first-order chi connectivity index (χ1) is 22.5. The van der Waals surface area contributed by atoms with Gasteiger partial charge in [0, 0.05) is 59.1 Å². The molecule has 0 radical (unpaired) electrons. The molecular weight excluding hydrogens is 604 g/mol. The Morgan fingerprint density at radius 3 is 1.62 bits per heavy atom. The fraction of sp³-hybridized carbons (Fsp3) is 0.273. The van der Waals surface area contributed by atoms with Crippen molar-refractivity contribution < 1.29 is 29.4 Å². The van der Waals surface area contributed by atoms with Crippen LogP contribution in [-0.2, 0) is 9.59 Å². The van der Waals surface area contributed by atoms with Crippen molar-refractivity contribution >= 4 is 78.4 Å². The van der Waals surface area contributed by atoms with Crippen LogP contribution < -0.4 is 21.3 Å². The first-order valence-electron chi connectivity index (χ1n) is 15.0. The predicted octanol–water partition coefficient (Wildman–Crippen LogP) is 3.34. The number of aliphatic hydroxyl groups excluding tert-OH is 2. The predicted molar refractivity (Wildman–Crippen MR) is 176 cm³/mol. The Kier molecular flexibility index (Phi) is 9.35. The topological polar surface area (TPSA) is 238 Å². The first kappa shape index (κ1) is 32.8. The second-order valence-electron chi connectivity index (χ2n) is 11.3. The lowest BCUT2D eigenvalue weighted by molar-refractivity contribution is -0.119. The highest BCUT2D eigenvalue weighted by molar-refractivity contribution is 6.17. The maximum Gasteiger partial charge on any atom is 0.226 e. The van der Waals surface area contributed by atoms with Gasteiger partial charge in [-0.3, -0.25) is 40.0 Å². The van der Waals surface area contributed by atoms with Gasteiger partial charge in [0.25, 0.3) is 0 Å². The molecule has 4 heterocycles. The van der Waals surface area contributed by atoms with Crippen LogP contribution in [0.25, 0.3) is 43.6 Å². The number of aliphatic hydroxyl groups is 2. The van der Waals surface area contributed by atoms with Crippen LogP contribution >= 0.6 is 0 Å². The number of pyridine rings is 2. The van der Waals surface area contributed by atoms with Gasteiger partial charge in [-0.1, -0.05) is 20.8 Å². The quantitative estimate of drug-likeness (QED) is 0.103. The van der Waals surface area contributed by atoms with Gasteiger partial charge in [-0.05, 0) is 24.3 Å². The lowest BCUT2D eigenvalue weighted by Crippen LogP contribution is -2.19. The highest BCUT2D eigenvalue weighted by atomic mass is 16.3. The second-order valence-corrected chi connectivity index (χ2v) is 11.3. The summed E-state index contributed by atoms with van der Waals surface area (Å²) in [6.45, 7) is 4.83. The number of nitrogens with zero attached hydrogens (tertiary/aromatic N) is 2. The maximum absolute atomic E-state index is 12.1. The fourth-order valence-corrected chi connectivity index (χ4v) is 5.19. The van der Waals surface area contributed by atoms with Gasteiger partial charge in [0.05, 0.1) is 68.8 Å². The van der Waals surface area contributed by atoms with Crippen molar-refractivity contribution in [3.8, 4) is 0 Å². The molecule has 8 N–H and O–H groups in total. The number of carbonyl (C=O) groups excluding carboxylic acids is 4. The number of aromatic nitrogens is 4. The molecule has 6 aromatic rings. The van der Waals surface area contributed by atoms with Crippen molar-refractivity contribution in [1.29, 1.82) is 10.8 Å². The molecule has 0 atom stereocenters. The molecule has 14 nitrogen and oxygen atoms in total. The number of aromatic amines is 2. The van der Waals surface area contributed by atoms with Crippen LogP contribution in [0.1, 0.15) is 61.0 Å². The molecule has 0 aliphatic heterocycles. The van der Waals surface area contributed by atoms with Gasteiger partial charge in [-0.25, -0.2) is 0 Å². The zero-order chi connectivity index (χ0) is 34.0. The molecule has 0 saturated carbocycles.